The van der Waals surface area contributed by atoms with Gasteiger partial charge in [0.2, 0.25) is 0 Å². The molecule has 1 fully saturated rings. The number of terminal acetylenes is 1. The van der Waals surface area contributed by atoms with Gasteiger partial charge in [0.25, 0.3) is 0 Å². The summed E-state index contributed by atoms with van der Waals surface area (Å²) >= 11 is 0. The second-order valence-electron chi connectivity index (χ2n) is 3.50. The van der Waals surface area contributed by atoms with E-state index in [1.165, 1.54) is 0 Å². The highest BCUT2D eigenvalue weighted by atomic mass is 16.1. The second kappa shape index (κ2) is 5.00. The Morgan fingerprint density at radius 1 is 1.38 bits per heavy atom. The van der Waals surface area contributed by atoms with Gasteiger partial charge in [0.1, 0.15) is 0 Å². The van der Waals surface area contributed by atoms with Crippen LogP contribution in [0.3, 0.4) is 0 Å². The van der Waals surface area contributed by atoms with E-state index in [9.17, 15) is 4.79 Å². The van der Waals surface area contributed by atoms with Crippen LogP contribution in [0.4, 0.5) is 0 Å². The molecule has 0 radical (unpaired) electrons. The molecule has 0 saturated carbocycles. The van der Waals surface area contributed by atoms with Gasteiger partial charge >= 0.3 is 0 Å². The Balaban J connectivity index is 2.23. The second-order valence-corrected chi connectivity index (χ2v) is 3.50. The van der Waals surface area contributed by atoms with Gasteiger partial charge in [-0.1, -0.05) is 5.92 Å². The van der Waals surface area contributed by atoms with Gasteiger partial charge in [-0.2, -0.15) is 0 Å². The number of ketones is 1. The molecule has 0 aromatic heterocycles. The third kappa shape index (κ3) is 3.58. The van der Waals surface area contributed by atoms with E-state index in [-0.39, 0.29) is 12.2 Å². The maximum atomic E-state index is 11.2. The number of carbonyl (C=O) groups is 1. The maximum absolute atomic E-state index is 11.2. The first-order valence-corrected chi connectivity index (χ1v) is 4.58. The van der Waals surface area contributed by atoms with Crippen molar-refractivity contribution in [3.63, 3.8) is 0 Å². The summed E-state index contributed by atoms with van der Waals surface area (Å²) in [6.07, 6.45) is 5.33. The third-order valence-electron chi connectivity index (χ3n) is 2.30. The molecule has 0 aliphatic carbocycles. The van der Waals surface area contributed by atoms with Crippen LogP contribution in [0.5, 0.6) is 0 Å². The number of rotatable bonds is 3. The van der Waals surface area contributed by atoms with Crippen LogP contribution >= 0.6 is 0 Å². The molecule has 13 heavy (non-hydrogen) atoms. The molecule has 0 aromatic rings. The van der Waals surface area contributed by atoms with Crippen LogP contribution in [0.2, 0.25) is 0 Å². The Bertz CT molecular complexity index is 211. The summed E-state index contributed by atoms with van der Waals surface area (Å²) < 4.78 is 0. The predicted octanol–water partition coefficient (Wildman–Crippen LogP) is -0.174. The first-order valence-electron chi connectivity index (χ1n) is 4.58. The number of carbonyl (C=O) groups excluding carboxylic acids is 1. The van der Waals surface area contributed by atoms with E-state index in [0.717, 1.165) is 26.2 Å². The Labute approximate surface area is 79.7 Å². The van der Waals surface area contributed by atoms with Gasteiger partial charge in [-0.15, -0.1) is 6.42 Å². The maximum Gasteiger partial charge on any atom is 0.158 e. The fraction of sp³-hybridized carbons (Fsp3) is 0.700. The minimum Gasteiger partial charge on any atom is -0.304 e. The van der Waals surface area contributed by atoms with Gasteiger partial charge in [-0.05, 0) is 7.05 Å². The summed E-state index contributed by atoms with van der Waals surface area (Å²) in [5.74, 6) is 2.54. The van der Waals surface area contributed by atoms with Crippen molar-refractivity contribution in [2.75, 3.05) is 39.8 Å². The molecule has 1 aliphatic rings. The molecule has 1 rings (SSSR count). The molecule has 0 N–H and O–H groups in total. The van der Waals surface area contributed by atoms with E-state index >= 15 is 0 Å². The Morgan fingerprint density at radius 3 is 2.54 bits per heavy atom. The zero-order chi connectivity index (χ0) is 9.68. The lowest BCUT2D eigenvalue weighted by Crippen LogP contribution is -2.46. The average molecular weight is 180 g/mol. The first-order chi connectivity index (χ1) is 6.22. The van der Waals surface area contributed by atoms with Gasteiger partial charge in [0.05, 0.1) is 13.0 Å². The summed E-state index contributed by atoms with van der Waals surface area (Å²) in [5.41, 5.74) is 0. The summed E-state index contributed by atoms with van der Waals surface area (Å²) in [7, 11) is 2.10. The number of hydrogen-bond acceptors (Lipinski definition) is 3. The number of Topliss-reactive ketones (excluding diaryl/α,β-unsaturated/α-hetero) is 1. The van der Waals surface area contributed by atoms with Gasteiger partial charge in [-0.3, -0.25) is 9.69 Å². The summed E-state index contributed by atoms with van der Waals surface area (Å²) in [4.78, 5) is 15.6. The molecule has 1 heterocycles. The topological polar surface area (TPSA) is 23.6 Å². The molecule has 0 aromatic carbocycles. The normalized spacial score (nSPS) is 19.7. The molecule has 1 aliphatic heterocycles. The number of hydrogen-bond donors (Lipinski definition) is 0. The Kier molecular flexibility index (Phi) is 3.94. The highest BCUT2D eigenvalue weighted by Crippen LogP contribution is 1.99. The number of likely N-dealkylation sites (N-methyl/N-ethyl adjacent to an activating group) is 1. The van der Waals surface area contributed by atoms with Gasteiger partial charge < -0.3 is 4.90 Å². The molecule has 0 bridgehead atoms. The van der Waals surface area contributed by atoms with Crippen LogP contribution in [-0.4, -0.2) is 55.4 Å². The summed E-state index contributed by atoms with van der Waals surface area (Å²) in [5, 5.41) is 0. The van der Waals surface area contributed by atoms with Crippen molar-refractivity contribution >= 4 is 5.78 Å². The summed E-state index contributed by atoms with van der Waals surface area (Å²) in [6.45, 7) is 4.57. The van der Waals surface area contributed by atoms with Gasteiger partial charge in [0.15, 0.2) is 5.78 Å². The van der Waals surface area contributed by atoms with Crippen molar-refractivity contribution < 1.29 is 4.79 Å². The smallest absolute Gasteiger partial charge is 0.158 e. The van der Waals surface area contributed by atoms with Crippen molar-refractivity contribution in [1.29, 1.82) is 0 Å². The molecular formula is C10H16N2O. The van der Waals surface area contributed by atoms with Crippen LogP contribution in [0, 0.1) is 12.3 Å². The monoisotopic (exact) mass is 180 g/mol. The summed E-state index contributed by atoms with van der Waals surface area (Å²) in [6, 6.07) is 0. The largest absolute Gasteiger partial charge is 0.304 e. The van der Waals surface area contributed by atoms with Crippen molar-refractivity contribution in [1.82, 2.24) is 9.80 Å². The molecule has 0 atom stereocenters. The van der Waals surface area contributed by atoms with Crippen molar-refractivity contribution in [2.24, 2.45) is 0 Å². The average Bonchev–Trinajstić information content (AvgIpc) is 2.09. The van der Waals surface area contributed by atoms with Gasteiger partial charge in [0, 0.05) is 26.2 Å². The molecule has 3 heteroatoms. The number of piperazine rings is 1. The van der Waals surface area contributed by atoms with E-state index < -0.39 is 0 Å². The van der Waals surface area contributed by atoms with Crippen molar-refractivity contribution in [3.05, 3.63) is 0 Å². The zero-order valence-corrected chi connectivity index (χ0v) is 8.12. The van der Waals surface area contributed by atoms with E-state index in [1.54, 1.807) is 0 Å². The minimum atomic E-state index is 0.159. The lowest BCUT2D eigenvalue weighted by atomic mass is 10.2. The molecular weight excluding hydrogens is 164 g/mol. The van der Waals surface area contributed by atoms with Crippen molar-refractivity contribution in [2.45, 2.75) is 6.42 Å². The van der Waals surface area contributed by atoms with E-state index in [0.29, 0.717) is 6.54 Å². The Morgan fingerprint density at radius 2 is 2.00 bits per heavy atom. The Hall–Kier alpha value is -0.850. The van der Waals surface area contributed by atoms with Crippen LogP contribution in [-0.2, 0) is 4.79 Å². The molecule has 0 amide bonds. The molecule has 3 nitrogen and oxygen atoms in total. The van der Waals surface area contributed by atoms with Crippen LogP contribution in [0.25, 0.3) is 0 Å². The molecule has 0 unspecified atom stereocenters. The standard InChI is InChI=1S/C10H16N2O/c1-3-4-10(13)9-12-7-5-11(2)6-8-12/h1H,4-9H2,2H3. The third-order valence-corrected chi connectivity index (χ3v) is 2.30. The molecule has 1 saturated heterocycles. The van der Waals surface area contributed by atoms with Crippen LogP contribution in [0.1, 0.15) is 6.42 Å². The minimum absolute atomic E-state index is 0.159. The van der Waals surface area contributed by atoms with E-state index in [2.05, 4.69) is 22.8 Å². The first kappa shape index (κ1) is 10.2. The van der Waals surface area contributed by atoms with Crippen LogP contribution < -0.4 is 0 Å². The highest BCUT2D eigenvalue weighted by Gasteiger charge is 2.15. The van der Waals surface area contributed by atoms with Crippen LogP contribution in [0.15, 0.2) is 0 Å². The number of nitrogens with zero attached hydrogens (tertiary/aromatic N) is 2. The zero-order valence-electron chi connectivity index (χ0n) is 8.12. The predicted molar refractivity (Wildman–Crippen MR) is 52.4 cm³/mol. The van der Waals surface area contributed by atoms with Crippen molar-refractivity contribution in [3.8, 4) is 12.3 Å². The SMILES string of the molecule is C#CCC(=O)CN1CCN(C)CC1. The fourth-order valence-electron chi connectivity index (χ4n) is 1.43. The fourth-order valence-corrected chi connectivity index (χ4v) is 1.43. The van der Waals surface area contributed by atoms with Gasteiger partial charge in [-0.25, -0.2) is 0 Å². The highest BCUT2D eigenvalue weighted by molar-refractivity contribution is 5.82. The lowest BCUT2D eigenvalue weighted by molar-refractivity contribution is -0.119. The quantitative estimate of drug-likeness (QED) is 0.563. The van der Waals surface area contributed by atoms with E-state index in [4.69, 9.17) is 6.42 Å². The lowest BCUT2D eigenvalue weighted by Gasteiger charge is -2.31. The molecule has 72 valence electrons. The van der Waals surface area contributed by atoms with E-state index in [1.807, 2.05) is 0 Å². The molecule has 0 spiro atoms.